The highest BCUT2D eigenvalue weighted by atomic mass is 32.2. The molecule has 2 aromatic rings. The molecule has 0 bridgehead atoms. The lowest BCUT2D eigenvalue weighted by atomic mass is 10.2. The van der Waals surface area contributed by atoms with Crippen LogP contribution in [-0.2, 0) is 12.2 Å². The third-order valence-corrected chi connectivity index (χ3v) is 3.67. The maximum absolute atomic E-state index is 12.8. The first-order valence-corrected chi connectivity index (χ1v) is 7.05. The SMILES string of the molecule is CCc1nc(CSc2ccc(F)cc2)ncc1C(=O)O. The molecule has 0 aliphatic heterocycles. The Labute approximate surface area is 120 Å². The minimum Gasteiger partial charge on any atom is -0.478 e. The van der Waals surface area contributed by atoms with E-state index in [0.717, 1.165) is 4.90 Å². The predicted octanol–water partition coefficient (Wildman–Crippen LogP) is 3.17. The van der Waals surface area contributed by atoms with Crippen LogP contribution in [0.5, 0.6) is 0 Å². The zero-order chi connectivity index (χ0) is 14.5. The molecule has 1 N–H and O–H groups in total. The third-order valence-electron chi connectivity index (χ3n) is 2.66. The van der Waals surface area contributed by atoms with Gasteiger partial charge in [-0.25, -0.2) is 19.2 Å². The normalized spacial score (nSPS) is 10.5. The number of hydrogen-bond donors (Lipinski definition) is 1. The summed E-state index contributed by atoms with van der Waals surface area (Å²) in [5.74, 6) is -0.205. The zero-order valence-corrected chi connectivity index (χ0v) is 11.7. The first-order chi connectivity index (χ1) is 9.60. The number of halogens is 1. The second kappa shape index (κ2) is 6.47. The van der Waals surface area contributed by atoms with E-state index in [0.29, 0.717) is 23.7 Å². The van der Waals surface area contributed by atoms with E-state index < -0.39 is 5.97 Å². The molecule has 4 nitrogen and oxygen atoms in total. The fourth-order valence-corrected chi connectivity index (χ4v) is 2.42. The van der Waals surface area contributed by atoms with Gasteiger partial charge in [-0.2, -0.15) is 0 Å². The Bertz CT molecular complexity index is 617. The highest BCUT2D eigenvalue weighted by molar-refractivity contribution is 7.98. The number of thioether (sulfide) groups is 1. The summed E-state index contributed by atoms with van der Waals surface area (Å²) in [6, 6.07) is 6.17. The molecule has 0 aliphatic carbocycles. The molecular formula is C14H13FN2O2S. The molecule has 104 valence electrons. The van der Waals surface area contributed by atoms with Crippen molar-refractivity contribution < 1.29 is 14.3 Å². The van der Waals surface area contributed by atoms with Crippen LogP contribution in [0.1, 0.15) is 28.8 Å². The minimum atomic E-state index is -1.01. The number of nitrogens with zero attached hydrogens (tertiary/aromatic N) is 2. The molecule has 1 aromatic heterocycles. The maximum atomic E-state index is 12.8. The molecule has 1 heterocycles. The molecule has 0 aliphatic rings. The topological polar surface area (TPSA) is 63.1 Å². The van der Waals surface area contributed by atoms with Crippen molar-refractivity contribution in [3.8, 4) is 0 Å². The van der Waals surface area contributed by atoms with E-state index in [1.807, 2.05) is 6.92 Å². The van der Waals surface area contributed by atoms with Crippen molar-refractivity contribution in [2.75, 3.05) is 0 Å². The number of aromatic carboxylic acids is 1. The van der Waals surface area contributed by atoms with Gasteiger partial charge < -0.3 is 5.11 Å². The zero-order valence-electron chi connectivity index (χ0n) is 10.8. The van der Waals surface area contributed by atoms with Crippen LogP contribution in [0.4, 0.5) is 4.39 Å². The highest BCUT2D eigenvalue weighted by Crippen LogP contribution is 2.21. The van der Waals surface area contributed by atoms with Crippen LogP contribution in [0.15, 0.2) is 35.4 Å². The van der Waals surface area contributed by atoms with Crippen molar-refractivity contribution in [1.29, 1.82) is 0 Å². The number of hydrogen-bond acceptors (Lipinski definition) is 4. The maximum Gasteiger partial charge on any atom is 0.339 e. The van der Waals surface area contributed by atoms with Gasteiger partial charge in [-0.05, 0) is 30.7 Å². The van der Waals surface area contributed by atoms with E-state index >= 15 is 0 Å². The molecule has 20 heavy (non-hydrogen) atoms. The average Bonchev–Trinajstić information content (AvgIpc) is 2.46. The molecular weight excluding hydrogens is 279 g/mol. The fourth-order valence-electron chi connectivity index (χ4n) is 1.65. The van der Waals surface area contributed by atoms with Crippen LogP contribution >= 0.6 is 11.8 Å². The van der Waals surface area contributed by atoms with Crippen molar-refractivity contribution in [3.63, 3.8) is 0 Å². The van der Waals surface area contributed by atoms with Gasteiger partial charge in [0.2, 0.25) is 0 Å². The standard InChI is InChI=1S/C14H13FN2O2S/c1-2-12-11(14(18)19)7-16-13(17-12)8-20-10-5-3-9(15)4-6-10/h3-7H,2,8H2,1H3,(H,18,19). The summed E-state index contributed by atoms with van der Waals surface area (Å²) in [7, 11) is 0. The lowest BCUT2D eigenvalue weighted by molar-refractivity contribution is 0.0694. The van der Waals surface area contributed by atoms with Crippen LogP contribution in [0.2, 0.25) is 0 Å². The van der Waals surface area contributed by atoms with E-state index in [4.69, 9.17) is 5.11 Å². The summed E-state index contributed by atoms with van der Waals surface area (Å²) >= 11 is 1.48. The quantitative estimate of drug-likeness (QED) is 0.858. The Kier molecular flexibility index (Phi) is 4.68. The van der Waals surface area contributed by atoms with Gasteiger partial charge in [-0.3, -0.25) is 0 Å². The van der Waals surface area contributed by atoms with Gasteiger partial charge in [0.05, 0.1) is 17.0 Å². The van der Waals surface area contributed by atoms with Crippen molar-refractivity contribution in [2.24, 2.45) is 0 Å². The van der Waals surface area contributed by atoms with Crippen molar-refractivity contribution in [3.05, 3.63) is 53.4 Å². The Balaban J connectivity index is 2.10. The molecule has 0 spiro atoms. The summed E-state index contributed by atoms with van der Waals surface area (Å²) < 4.78 is 12.8. The van der Waals surface area contributed by atoms with Crippen molar-refractivity contribution >= 4 is 17.7 Å². The average molecular weight is 292 g/mol. The van der Waals surface area contributed by atoms with Gasteiger partial charge in [0.15, 0.2) is 0 Å². The molecule has 0 amide bonds. The second-order valence-corrected chi connectivity index (χ2v) is 5.10. The number of aryl methyl sites for hydroxylation is 1. The Morgan fingerprint density at radius 3 is 2.65 bits per heavy atom. The summed E-state index contributed by atoms with van der Waals surface area (Å²) in [5.41, 5.74) is 0.672. The molecule has 2 rings (SSSR count). The highest BCUT2D eigenvalue weighted by Gasteiger charge is 2.12. The predicted molar refractivity (Wildman–Crippen MR) is 74.3 cm³/mol. The number of carboxylic acid groups (broad SMARTS) is 1. The lowest BCUT2D eigenvalue weighted by Gasteiger charge is -2.05. The number of rotatable bonds is 5. The van der Waals surface area contributed by atoms with Gasteiger partial charge in [-0.1, -0.05) is 6.92 Å². The fraction of sp³-hybridized carbons (Fsp3) is 0.214. The number of carboxylic acids is 1. The van der Waals surface area contributed by atoms with Gasteiger partial charge in [0, 0.05) is 11.1 Å². The Morgan fingerprint density at radius 1 is 1.35 bits per heavy atom. The largest absolute Gasteiger partial charge is 0.478 e. The van der Waals surface area contributed by atoms with Gasteiger partial charge in [0.1, 0.15) is 11.6 Å². The third kappa shape index (κ3) is 3.54. The molecule has 0 saturated heterocycles. The second-order valence-electron chi connectivity index (χ2n) is 4.05. The molecule has 0 radical (unpaired) electrons. The van der Waals surface area contributed by atoms with Crippen molar-refractivity contribution in [1.82, 2.24) is 9.97 Å². The van der Waals surface area contributed by atoms with E-state index in [1.54, 1.807) is 12.1 Å². The van der Waals surface area contributed by atoms with E-state index in [2.05, 4.69) is 9.97 Å². The summed E-state index contributed by atoms with van der Waals surface area (Å²) in [4.78, 5) is 20.2. The number of aromatic nitrogens is 2. The van der Waals surface area contributed by atoms with Crippen LogP contribution in [-0.4, -0.2) is 21.0 Å². The Hall–Kier alpha value is -1.95. The first kappa shape index (κ1) is 14.5. The molecule has 0 atom stereocenters. The summed E-state index contributed by atoms with van der Waals surface area (Å²) in [6.45, 7) is 1.85. The number of benzene rings is 1. The molecule has 6 heteroatoms. The Morgan fingerprint density at radius 2 is 2.05 bits per heavy atom. The first-order valence-electron chi connectivity index (χ1n) is 6.06. The molecule has 0 fully saturated rings. The smallest absolute Gasteiger partial charge is 0.339 e. The number of carbonyl (C=O) groups is 1. The summed E-state index contributed by atoms with van der Waals surface area (Å²) in [5, 5.41) is 9.00. The molecule has 1 aromatic carbocycles. The van der Waals surface area contributed by atoms with Gasteiger partial charge in [0.25, 0.3) is 0 Å². The monoisotopic (exact) mass is 292 g/mol. The van der Waals surface area contributed by atoms with Gasteiger partial charge >= 0.3 is 5.97 Å². The van der Waals surface area contributed by atoms with E-state index in [1.165, 1.54) is 30.1 Å². The van der Waals surface area contributed by atoms with Crippen LogP contribution in [0.3, 0.4) is 0 Å². The summed E-state index contributed by atoms with van der Waals surface area (Å²) in [6.07, 6.45) is 1.88. The lowest BCUT2D eigenvalue weighted by Crippen LogP contribution is -2.07. The van der Waals surface area contributed by atoms with E-state index in [9.17, 15) is 9.18 Å². The van der Waals surface area contributed by atoms with Crippen LogP contribution in [0.25, 0.3) is 0 Å². The van der Waals surface area contributed by atoms with Crippen molar-refractivity contribution in [2.45, 2.75) is 24.0 Å². The van der Waals surface area contributed by atoms with Crippen LogP contribution < -0.4 is 0 Å². The van der Waals surface area contributed by atoms with E-state index in [-0.39, 0.29) is 11.4 Å². The minimum absolute atomic E-state index is 0.142. The molecule has 0 unspecified atom stereocenters. The van der Waals surface area contributed by atoms with Gasteiger partial charge in [-0.15, -0.1) is 11.8 Å². The van der Waals surface area contributed by atoms with Crippen LogP contribution in [0, 0.1) is 5.82 Å². The molecule has 0 saturated carbocycles.